The molecule has 3 rings (SSSR count). The Balaban J connectivity index is 1.57. The molecule has 0 amide bonds. The van der Waals surface area contributed by atoms with Crippen molar-refractivity contribution < 1.29 is 4.52 Å². The number of hydrogen-bond acceptors (Lipinski definition) is 3. The Morgan fingerprint density at radius 3 is 2.82 bits per heavy atom. The van der Waals surface area contributed by atoms with E-state index in [9.17, 15) is 0 Å². The van der Waals surface area contributed by atoms with Crippen molar-refractivity contribution >= 4 is 23.2 Å². The van der Waals surface area contributed by atoms with Crippen molar-refractivity contribution in [2.75, 3.05) is 0 Å². The summed E-state index contributed by atoms with van der Waals surface area (Å²) in [5.41, 5.74) is 2.11. The summed E-state index contributed by atoms with van der Waals surface area (Å²) in [7, 11) is 0. The van der Waals surface area contributed by atoms with Crippen LogP contribution in [0.4, 0.5) is 0 Å². The molecule has 1 aliphatic carbocycles. The van der Waals surface area contributed by atoms with Crippen LogP contribution in [0, 0.1) is 12.8 Å². The largest absolute Gasteiger partial charge is 0.361 e. The van der Waals surface area contributed by atoms with Crippen LogP contribution in [0.5, 0.6) is 0 Å². The van der Waals surface area contributed by atoms with Gasteiger partial charge in [0.15, 0.2) is 0 Å². The molecule has 3 nitrogen and oxygen atoms in total. The standard InChI is InChI=1S/C17H20Cl2N2O/c1-11-7-14(22-21-11)9-13-3-2-4-17(13)20-10-12-5-6-15(18)16(19)8-12/h5-8,13,17,20H,2-4,9-10H2,1H3/t13-,17+/m0/s1. The fourth-order valence-corrected chi connectivity index (χ4v) is 3.54. The highest BCUT2D eigenvalue weighted by atomic mass is 35.5. The number of halogens is 2. The molecule has 1 fully saturated rings. The SMILES string of the molecule is Cc1cc(C[C@@H]2CCC[C@H]2NCc2ccc(Cl)c(Cl)c2)on1. The van der Waals surface area contributed by atoms with Crippen molar-refractivity contribution in [2.24, 2.45) is 5.92 Å². The molecule has 1 heterocycles. The molecule has 0 bridgehead atoms. The summed E-state index contributed by atoms with van der Waals surface area (Å²) in [6.07, 6.45) is 4.66. The van der Waals surface area contributed by atoms with Gasteiger partial charge in [-0.3, -0.25) is 0 Å². The number of nitrogens with zero attached hydrogens (tertiary/aromatic N) is 1. The van der Waals surface area contributed by atoms with Crippen LogP contribution < -0.4 is 5.32 Å². The predicted octanol–water partition coefficient (Wildman–Crippen LogP) is 4.79. The maximum absolute atomic E-state index is 6.07. The number of nitrogens with one attached hydrogen (secondary N) is 1. The minimum absolute atomic E-state index is 0.514. The molecule has 1 aromatic carbocycles. The van der Waals surface area contributed by atoms with E-state index >= 15 is 0 Å². The molecule has 0 saturated heterocycles. The van der Waals surface area contributed by atoms with E-state index in [2.05, 4.69) is 10.5 Å². The van der Waals surface area contributed by atoms with Crippen molar-refractivity contribution in [2.45, 2.75) is 45.2 Å². The molecule has 2 aromatic rings. The minimum atomic E-state index is 0.514. The molecule has 1 aromatic heterocycles. The van der Waals surface area contributed by atoms with Crippen molar-refractivity contribution in [3.63, 3.8) is 0 Å². The van der Waals surface area contributed by atoms with Crippen LogP contribution >= 0.6 is 23.2 Å². The first-order chi connectivity index (χ1) is 10.6. The number of rotatable bonds is 5. The third-order valence-electron chi connectivity index (χ3n) is 4.35. The first-order valence-corrected chi connectivity index (χ1v) is 8.47. The smallest absolute Gasteiger partial charge is 0.137 e. The van der Waals surface area contributed by atoms with Gasteiger partial charge in [0.2, 0.25) is 0 Å². The molecule has 0 spiro atoms. The topological polar surface area (TPSA) is 38.1 Å². The Morgan fingerprint density at radius 1 is 1.23 bits per heavy atom. The van der Waals surface area contributed by atoms with Crippen LogP contribution in [0.15, 0.2) is 28.8 Å². The zero-order chi connectivity index (χ0) is 15.5. The summed E-state index contributed by atoms with van der Waals surface area (Å²) in [6, 6.07) is 8.35. The summed E-state index contributed by atoms with van der Waals surface area (Å²) in [4.78, 5) is 0. The van der Waals surface area contributed by atoms with E-state index in [1.54, 1.807) is 0 Å². The van der Waals surface area contributed by atoms with Gasteiger partial charge in [0.25, 0.3) is 0 Å². The average molecular weight is 339 g/mol. The Labute approximate surface area is 141 Å². The van der Waals surface area contributed by atoms with Gasteiger partial charge < -0.3 is 9.84 Å². The van der Waals surface area contributed by atoms with Gasteiger partial charge in [0.1, 0.15) is 5.76 Å². The molecule has 0 aliphatic heterocycles. The monoisotopic (exact) mass is 338 g/mol. The molecule has 1 saturated carbocycles. The first kappa shape index (κ1) is 15.9. The Hall–Kier alpha value is -1.03. The van der Waals surface area contributed by atoms with Crippen LogP contribution in [0.2, 0.25) is 10.0 Å². The van der Waals surface area contributed by atoms with Crippen LogP contribution in [0.1, 0.15) is 36.3 Å². The normalized spacial score (nSPS) is 21.4. The lowest BCUT2D eigenvalue weighted by Crippen LogP contribution is -2.32. The summed E-state index contributed by atoms with van der Waals surface area (Å²) in [5, 5.41) is 8.84. The molecular formula is C17H20Cl2N2O. The maximum atomic E-state index is 6.07. The van der Waals surface area contributed by atoms with Crippen molar-refractivity contribution in [3.05, 3.63) is 51.3 Å². The second-order valence-corrected chi connectivity index (χ2v) is 6.88. The molecule has 0 unspecified atom stereocenters. The lowest BCUT2D eigenvalue weighted by atomic mass is 9.97. The molecule has 22 heavy (non-hydrogen) atoms. The second kappa shape index (κ2) is 7.03. The van der Waals surface area contributed by atoms with Gasteiger partial charge in [-0.2, -0.15) is 0 Å². The van der Waals surface area contributed by atoms with Crippen molar-refractivity contribution in [1.82, 2.24) is 10.5 Å². The number of hydrogen-bond donors (Lipinski definition) is 1. The van der Waals surface area contributed by atoms with E-state index in [1.807, 2.05) is 31.2 Å². The van der Waals surface area contributed by atoms with Gasteiger partial charge in [0.05, 0.1) is 15.7 Å². The van der Waals surface area contributed by atoms with Gasteiger partial charge in [-0.15, -0.1) is 0 Å². The highest BCUT2D eigenvalue weighted by Gasteiger charge is 2.28. The fourth-order valence-electron chi connectivity index (χ4n) is 3.22. The van der Waals surface area contributed by atoms with E-state index in [0.717, 1.165) is 30.0 Å². The van der Waals surface area contributed by atoms with Crippen molar-refractivity contribution in [1.29, 1.82) is 0 Å². The summed E-state index contributed by atoms with van der Waals surface area (Å²) in [6.45, 7) is 2.77. The first-order valence-electron chi connectivity index (χ1n) is 7.71. The van der Waals surface area contributed by atoms with Gasteiger partial charge in [0, 0.05) is 25.1 Å². The molecular weight excluding hydrogens is 319 g/mol. The van der Waals surface area contributed by atoms with Crippen LogP contribution in [-0.4, -0.2) is 11.2 Å². The molecule has 2 atom stereocenters. The molecule has 1 aliphatic rings. The van der Waals surface area contributed by atoms with E-state index in [-0.39, 0.29) is 0 Å². The van der Waals surface area contributed by atoms with E-state index in [1.165, 1.54) is 19.3 Å². The van der Waals surface area contributed by atoms with E-state index < -0.39 is 0 Å². The maximum Gasteiger partial charge on any atom is 0.137 e. The summed E-state index contributed by atoms with van der Waals surface area (Å²) in [5.74, 6) is 1.60. The highest BCUT2D eigenvalue weighted by Crippen LogP contribution is 2.29. The van der Waals surface area contributed by atoms with Gasteiger partial charge in [-0.1, -0.05) is 40.8 Å². The Kier molecular flexibility index (Phi) is 5.07. The van der Waals surface area contributed by atoms with E-state index in [4.69, 9.17) is 27.7 Å². The summed E-state index contributed by atoms with van der Waals surface area (Å²) < 4.78 is 5.36. The third kappa shape index (κ3) is 3.83. The minimum Gasteiger partial charge on any atom is -0.361 e. The van der Waals surface area contributed by atoms with Gasteiger partial charge in [-0.25, -0.2) is 0 Å². The summed E-state index contributed by atoms with van der Waals surface area (Å²) >= 11 is 12.0. The van der Waals surface area contributed by atoms with Gasteiger partial charge in [-0.05, 0) is 43.4 Å². The third-order valence-corrected chi connectivity index (χ3v) is 5.09. The van der Waals surface area contributed by atoms with Crippen LogP contribution in [0.3, 0.4) is 0 Å². The predicted molar refractivity (Wildman–Crippen MR) is 89.4 cm³/mol. The van der Waals surface area contributed by atoms with Gasteiger partial charge >= 0.3 is 0 Å². The van der Waals surface area contributed by atoms with Crippen LogP contribution in [-0.2, 0) is 13.0 Å². The fraction of sp³-hybridized carbons (Fsp3) is 0.471. The Morgan fingerprint density at radius 2 is 2.09 bits per heavy atom. The molecule has 118 valence electrons. The zero-order valence-electron chi connectivity index (χ0n) is 12.6. The lowest BCUT2D eigenvalue weighted by molar-refractivity contribution is 0.329. The van der Waals surface area contributed by atoms with Crippen molar-refractivity contribution in [3.8, 4) is 0 Å². The Bertz CT molecular complexity index is 641. The van der Waals surface area contributed by atoms with Crippen LogP contribution in [0.25, 0.3) is 0 Å². The zero-order valence-corrected chi connectivity index (χ0v) is 14.1. The average Bonchev–Trinajstić information content (AvgIpc) is 3.10. The molecule has 1 N–H and O–H groups in total. The lowest BCUT2D eigenvalue weighted by Gasteiger charge is -2.20. The second-order valence-electron chi connectivity index (χ2n) is 6.07. The number of aryl methyl sites for hydroxylation is 1. The van der Waals surface area contributed by atoms with E-state index in [0.29, 0.717) is 22.0 Å². The number of aromatic nitrogens is 1. The molecule has 0 radical (unpaired) electrons. The highest BCUT2D eigenvalue weighted by molar-refractivity contribution is 6.42. The quantitative estimate of drug-likeness (QED) is 0.851. The molecule has 5 heteroatoms. The number of benzene rings is 1.